The molecule has 1 heterocycles. The Hall–Kier alpha value is -0.0800. The average molecular weight is 226 g/mol. The Bertz CT molecular complexity index is 207. The van der Waals surface area contributed by atoms with Crippen molar-refractivity contribution in [2.75, 3.05) is 13.1 Å². The van der Waals surface area contributed by atoms with E-state index < -0.39 is 0 Å². The van der Waals surface area contributed by atoms with E-state index in [2.05, 4.69) is 51.8 Å². The lowest BCUT2D eigenvalue weighted by molar-refractivity contribution is 0.127. The summed E-state index contributed by atoms with van der Waals surface area (Å²) in [5, 5.41) is 3.81. The number of nitrogens with one attached hydrogen (secondary N) is 1. The van der Waals surface area contributed by atoms with Crippen molar-refractivity contribution in [3.8, 4) is 0 Å². The van der Waals surface area contributed by atoms with Gasteiger partial charge in [-0.15, -0.1) is 0 Å². The molecule has 1 aliphatic rings. The van der Waals surface area contributed by atoms with E-state index in [9.17, 15) is 0 Å². The molecule has 1 N–H and O–H groups in total. The highest BCUT2D eigenvalue weighted by Crippen LogP contribution is 2.22. The molecule has 1 fully saturated rings. The zero-order valence-electron chi connectivity index (χ0n) is 12.0. The van der Waals surface area contributed by atoms with Crippen LogP contribution >= 0.6 is 0 Å². The van der Waals surface area contributed by atoms with Crippen LogP contribution in [-0.4, -0.2) is 36.1 Å². The van der Waals surface area contributed by atoms with E-state index in [-0.39, 0.29) is 0 Å². The van der Waals surface area contributed by atoms with E-state index in [0.717, 1.165) is 6.04 Å². The Morgan fingerprint density at radius 2 is 2.00 bits per heavy atom. The lowest BCUT2D eigenvalue weighted by atomic mass is 9.86. The van der Waals surface area contributed by atoms with Crippen LogP contribution in [0.5, 0.6) is 0 Å². The van der Waals surface area contributed by atoms with Gasteiger partial charge in [0.05, 0.1) is 0 Å². The smallest absolute Gasteiger partial charge is 0.00967 e. The van der Waals surface area contributed by atoms with Crippen LogP contribution in [-0.2, 0) is 0 Å². The van der Waals surface area contributed by atoms with Crippen molar-refractivity contribution in [2.24, 2.45) is 5.41 Å². The maximum Gasteiger partial charge on any atom is 0.00967 e. The molecule has 2 heteroatoms. The van der Waals surface area contributed by atoms with Crippen LogP contribution in [0.3, 0.4) is 0 Å². The summed E-state index contributed by atoms with van der Waals surface area (Å²) >= 11 is 0. The van der Waals surface area contributed by atoms with Crippen LogP contribution in [0.25, 0.3) is 0 Å². The van der Waals surface area contributed by atoms with Crippen molar-refractivity contribution < 1.29 is 0 Å². The normalized spacial score (nSPS) is 30.4. The summed E-state index contributed by atoms with van der Waals surface area (Å²) in [6.45, 7) is 16.3. The Morgan fingerprint density at radius 1 is 1.38 bits per heavy atom. The Morgan fingerprint density at radius 3 is 2.44 bits per heavy atom. The fraction of sp³-hybridized carbons (Fsp3) is 1.00. The van der Waals surface area contributed by atoms with Gasteiger partial charge in [-0.05, 0) is 45.2 Å². The summed E-state index contributed by atoms with van der Waals surface area (Å²) in [6, 6.07) is 2.05. The van der Waals surface area contributed by atoms with Gasteiger partial charge >= 0.3 is 0 Å². The first-order chi connectivity index (χ1) is 7.34. The van der Waals surface area contributed by atoms with Crippen molar-refractivity contribution in [1.82, 2.24) is 10.2 Å². The van der Waals surface area contributed by atoms with Crippen molar-refractivity contribution in [3.63, 3.8) is 0 Å². The maximum atomic E-state index is 3.81. The summed E-state index contributed by atoms with van der Waals surface area (Å²) in [7, 11) is 0. The largest absolute Gasteiger partial charge is 0.311 e. The molecular weight excluding hydrogens is 196 g/mol. The second-order valence-electron chi connectivity index (χ2n) is 6.45. The predicted molar refractivity (Wildman–Crippen MR) is 71.8 cm³/mol. The van der Waals surface area contributed by atoms with Gasteiger partial charge in [0.15, 0.2) is 0 Å². The monoisotopic (exact) mass is 226 g/mol. The van der Waals surface area contributed by atoms with E-state index in [1.54, 1.807) is 0 Å². The minimum atomic E-state index is 0.366. The molecule has 0 aromatic rings. The van der Waals surface area contributed by atoms with Crippen LogP contribution in [0.15, 0.2) is 0 Å². The molecule has 1 aliphatic heterocycles. The molecule has 96 valence electrons. The maximum absolute atomic E-state index is 3.81. The number of likely N-dealkylation sites (tertiary alicyclic amines) is 1. The van der Waals surface area contributed by atoms with E-state index in [1.165, 1.54) is 25.9 Å². The molecule has 0 aromatic heterocycles. The molecule has 0 spiro atoms. The zero-order valence-corrected chi connectivity index (χ0v) is 12.0. The Labute approximate surface area is 102 Å². The molecule has 0 radical (unpaired) electrons. The van der Waals surface area contributed by atoms with E-state index in [4.69, 9.17) is 0 Å². The minimum Gasteiger partial charge on any atom is -0.311 e. The van der Waals surface area contributed by atoms with Crippen LogP contribution in [0.1, 0.15) is 54.4 Å². The highest BCUT2D eigenvalue weighted by Gasteiger charge is 2.28. The highest BCUT2D eigenvalue weighted by molar-refractivity contribution is 4.86. The first-order valence-electron chi connectivity index (χ1n) is 6.84. The third-order valence-corrected chi connectivity index (χ3v) is 4.20. The number of piperidine rings is 1. The fourth-order valence-corrected chi connectivity index (χ4v) is 2.45. The van der Waals surface area contributed by atoms with Gasteiger partial charge in [-0.3, -0.25) is 0 Å². The number of nitrogens with zero attached hydrogens (tertiary/aromatic N) is 1. The topological polar surface area (TPSA) is 15.3 Å². The first kappa shape index (κ1) is 14.0. The highest BCUT2D eigenvalue weighted by atomic mass is 15.2. The zero-order chi connectivity index (χ0) is 12.3. The quantitative estimate of drug-likeness (QED) is 0.796. The molecule has 16 heavy (non-hydrogen) atoms. The number of hydrogen-bond donors (Lipinski definition) is 1. The van der Waals surface area contributed by atoms with Gasteiger partial charge in [-0.1, -0.05) is 27.7 Å². The summed E-state index contributed by atoms with van der Waals surface area (Å²) in [5.41, 5.74) is 0.366. The lowest BCUT2D eigenvalue weighted by Gasteiger charge is -2.40. The molecule has 1 saturated heterocycles. The lowest BCUT2D eigenvalue weighted by Crippen LogP contribution is -2.51. The summed E-state index contributed by atoms with van der Waals surface area (Å²) in [6.07, 6.45) is 2.60. The molecule has 0 aromatic carbocycles. The third-order valence-electron chi connectivity index (χ3n) is 4.20. The van der Waals surface area contributed by atoms with Crippen molar-refractivity contribution in [3.05, 3.63) is 0 Å². The van der Waals surface area contributed by atoms with Gasteiger partial charge in [0.2, 0.25) is 0 Å². The Balaban J connectivity index is 2.41. The van der Waals surface area contributed by atoms with Crippen LogP contribution in [0.2, 0.25) is 0 Å². The van der Waals surface area contributed by atoms with Gasteiger partial charge in [0.1, 0.15) is 0 Å². The Kier molecular flexibility index (Phi) is 4.81. The first-order valence-corrected chi connectivity index (χ1v) is 6.84. The summed E-state index contributed by atoms with van der Waals surface area (Å²) in [4.78, 5) is 2.58. The van der Waals surface area contributed by atoms with Gasteiger partial charge in [0, 0.05) is 18.1 Å². The van der Waals surface area contributed by atoms with E-state index in [0.29, 0.717) is 17.5 Å². The molecular formula is C14H30N2. The standard InChI is InChI=1S/C14H30N2/c1-7-16-9-8-13(10-11(16)2)15-12(3)14(4,5)6/h11-13,15H,7-10H2,1-6H3. The van der Waals surface area contributed by atoms with Gasteiger partial charge in [0.25, 0.3) is 0 Å². The fourth-order valence-electron chi connectivity index (χ4n) is 2.45. The van der Waals surface area contributed by atoms with Crippen LogP contribution < -0.4 is 5.32 Å². The molecule has 0 saturated carbocycles. The van der Waals surface area contributed by atoms with Crippen LogP contribution in [0.4, 0.5) is 0 Å². The van der Waals surface area contributed by atoms with Gasteiger partial charge in [-0.25, -0.2) is 0 Å². The predicted octanol–water partition coefficient (Wildman–Crippen LogP) is 2.88. The van der Waals surface area contributed by atoms with Gasteiger partial charge < -0.3 is 10.2 Å². The SMILES string of the molecule is CCN1CCC(NC(C)C(C)(C)C)CC1C. The minimum absolute atomic E-state index is 0.366. The second kappa shape index (κ2) is 5.50. The molecule has 3 atom stereocenters. The average Bonchev–Trinajstić information content (AvgIpc) is 2.16. The van der Waals surface area contributed by atoms with Crippen molar-refractivity contribution >= 4 is 0 Å². The van der Waals surface area contributed by atoms with E-state index >= 15 is 0 Å². The number of rotatable bonds is 3. The number of hydrogen-bond acceptors (Lipinski definition) is 2. The molecule has 0 amide bonds. The molecule has 3 unspecified atom stereocenters. The molecule has 0 aliphatic carbocycles. The van der Waals surface area contributed by atoms with Crippen molar-refractivity contribution in [1.29, 1.82) is 0 Å². The van der Waals surface area contributed by atoms with Crippen molar-refractivity contribution in [2.45, 2.75) is 72.5 Å². The summed E-state index contributed by atoms with van der Waals surface area (Å²) in [5.74, 6) is 0. The van der Waals surface area contributed by atoms with Crippen LogP contribution in [0, 0.1) is 5.41 Å². The second-order valence-corrected chi connectivity index (χ2v) is 6.45. The molecule has 0 bridgehead atoms. The summed E-state index contributed by atoms with van der Waals surface area (Å²) < 4.78 is 0. The molecule has 1 rings (SSSR count). The molecule has 2 nitrogen and oxygen atoms in total. The third kappa shape index (κ3) is 3.74. The van der Waals surface area contributed by atoms with E-state index in [1.807, 2.05) is 0 Å². The van der Waals surface area contributed by atoms with Gasteiger partial charge in [-0.2, -0.15) is 0 Å².